The van der Waals surface area contributed by atoms with Crippen molar-refractivity contribution in [3.63, 3.8) is 0 Å². The normalized spacial score (nSPS) is 25.6. The summed E-state index contributed by atoms with van der Waals surface area (Å²) >= 11 is 0. The van der Waals surface area contributed by atoms with Gasteiger partial charge in [-0.1, -0.05) is 18.9 Å². The lowest BCUT2D eigenvalue weighted by Gasteiger charge is -2.40. The van der Waals surface area contributed by atoms with Gasteiger partial charge in [-0.3, -0.25) is 19.7 Å². The summed E-state index contributed by atoms with van der Waals surface area (Å²) in [7, 11) is 0. The van der Waals surface area contributed by atoms with Gasteiger partial charge in [0.25, 0.3) is 5.69 Å². The van der Waals surface area contributed by atoms with Crippen LogP contribution in [0.4, 0.5) is 11.4 Å². The third-order valence-electron chi connectivity index (χ3n) is 4.90. The number of nitrogens with zero attached hydrogens (tertiary/aromatic N) is 1. The Morgan fingerprint density at radius 2 is 2.04 bits per heavy atom. The van der Waals surface area contributed by atoms with Crippen molar-refractivity contribution in [3.8, 4) is 0 Å². The van der Waals surface area contributed by atoms with Crippen molar-refractivity contribution in [3.05, 3.63) is 33.9 Å². The molecule has 2 amide bonds. The number of amides is 2. The van der Waals surface area contributed by atoms with E-state index in [0.717, 1.165) is 25.7 Å². The minimum Gasteiger partial charge on any atom is -0.350 e. The Balaban J connectivity index is 1.61. The van der Waals surface area contributed by atoms with Gasteiger partial charge in [0.05, 0.1) is 17.4 Å². The van der Waals surface area contributed by atoms with E-state index in [4.69, 9.17) is 0 Å². The molecule has 2 fully saturated rings. The first-order valence-corrected chi connectivity index (χ1v) is 8.55. The van der Waals surface area contributed by atoms with Gasteiger partial charge in [0.2, 0.25) is 11.8 Å². The molecule has 25 heavy (non-hydrogen) atoms. The number of fused-ring (bicyclic) bond motifs is 1. The SMILES string of the molecule is Cc1ccc(NC(=O)C[C@@H]2N[C@@H]3CCCC[C@@H]3NC2=O)cc1[N+](=O)[O-]. The summed E-state index contributed by atoms with van der Waals surface area (Å²) in [5, 5.41) is 19.9. The zero-order valence-corrected chi connectivity index (χ0v) is 14.1. The number of carbonyl (C=O) groups is 2. The van der Waals surface area contributed by atoms with Crippen LogP contribution in [-0.2, 0) is 9.59 Å². The van der Waals surface area contributed by atoms with Crippen LogP contribution < -0.4 is 16.0 Å². The molecule has 0 aromatic heterocycles. The van der Waals surface area contributed by atoms with E-state index in [1.54, 1.807) is 19.1 Å². The number of hydrogen-bond donors (Lipinski definition) is 3. The number of benzene rings is 1. The molecule has 0 radical (unpaired) electrons. The van der Waals surface area contributed by atoms with Crippen molar-refractivity contribution >= 4 is 23.2 Å². The number of nitro groups is 1. The Bertz CT molecular complexity index is 706. The Hall–Kier alpha value is -2.48. The van der Waals surface area contributed by atoms with Crippen LogP contribution in [0.1, 0.15) is 37.7 Å². The summed E-state index contributed by atoms with van der Waals surface area (Å²) in [5.74, 6) is -0.506. The van der Waals surface area contributed by atoms with Crippen LogP contribution in [0.2, 0.25) is 0 Å². The second-order valence-corrected chi connectivity index (χ2v) is 6.74. The number of rotatable bonds is 4. The average molecular weight is 346 g/mol. The van der Waals surface area contributed by atoms with Crippen LogP contribution in [0.5, 0.6) is 0 Å². The molecule has 2 aliphatic rings. The second kappa shape index (κ2) is 7.18. The largest absolute Gasteiger partial charge is 0.350 e. The lowest BCUT2D eigenvalue weighted by atomic mass is 9.87. The molecule has 1 aliphatic heterocycles. The summed E-state index contributed by atoms with van der Waals surface area (Å²) in [6.07, 6.45) is 4.19. The highest BCUT2D eigenvalue weighted by Gasteiger charge is 2.36. The number of anilines is 1. The van der Waals surface area contributed by atoms with E-state index in [-0.39, 0.29) is 36.0 Å². The second-order valence-electron chi connectivity index (χ2n) is 6.74. The molecule has 3 N–H and O–H groups in total. The number of nitrogens with one attached hydrogen (secondary N) is 3. The molecule has 1 heterocycles. The molecule has 0 unspecified atom stereocenters. The van der Waals surface area contributed by atoms with Crippen LogP contribution in [0.3, 0.4) is 0 Å². The topological polar surface area (TPSA) is 113 Å². The third-order valence-corrected chi connectivity index (χ3v) is 4.90. The van der Waals surface area contributed by atoms with Gasteiger partial charge in [0, 0.05) is 29.4 Å². The Morgan fingerprint density at radius 1 is 1.32 bits per heavy atom. The molecule has 3 atom stereocenters. The van der Waals surface area contributed by atoms with Gasteiger partial charge < -0.3 is 16.0 Å². The van der Waals surface area contributed by atoms with Crippen molar-refractivity contribution in [2.75, 3.05) is 5.32 Å². The van der Waals surface area contributed by atoms with E-state index < -0.39 is 11.0 Å². The first-order chi connectivity index (χ1) is 11.9. The first-order valence-electron chi connectivity index (χ1n) is 8.55. The summed E-state index contributed by atoms with van der Waals surface area (Å²) in [6.45, 7) is 1.64. The molecular formula is C17H22N4O4. The van der Waals surface area contributed by atoms with Gasteiger partial charge in [-0.15, -0.1) is 0 Å². The number of carbonyl (C=O) groups excluding carboxylic acids is 2. The Morgan fingerprint density at radius 3 is 2.76 bits per heavy atom. The van der Waals surface area contributed by atoms with Crippen LogP contribution in [-0.4, -0.2) is 34.9 Å². The molecule has 0 spiro atoms. The predicted octanol–water partition coefficient (Wildman–Crippen LogP) is 1.63. The summed E-state index contributed by atoms with van der Waals surface area (Å²) < 4.78 is 0. The molecule has 3 rings (SSSR count). The Labute approximate surface area is 145 Å². The van der Waals surface area contributed by atoms with Crippen LogP contribution in [0.25, 0.3) is 0 Å². The fraction of sp³-hybridized carbons (Fsp3) is 0.529. The molecule has 1 aromatic carbocycles. The van der Waals surface area contributed by atoms with Crippen LogP contribution >= 0.6 is 0 Å². The summed E-state index contributed by atoms with van der Waals surface area (Å²) in [6, 6.07) is 4.33. The van der Waals surface area contributed by atoms with Gasteiger partial charge in [0.15, 0.2) is 0 Å². The third kappa shape index (κ3) is 3.96. The fourth-order valence-electron chi connectivity index (χ4n) is 3.55. The predicted molar refractivity (Wildman–Crippen MR) is 92.2 cm³/mol. The minimum absolute atomic E-state index is 0.00325. The molecule has 134 valence electrons. The quantitative estimate of drug-likeness (QED) is 0.566. The highest BCUT2D eigenvalue weighted by molar-refractivity contribution is 5.96. The summed E-state index contributed by atoms with van der Waals surface area (Å²) in [5.41, 5.74) is 0.838. The molecule has 1 aliphatic carbocycles. The molecule has 1 aromatic rings. The van der Waals surface area contributed by atoms with Crippen molar-refractivity contribution in [1.82, 2.24) is 10.6 Å². The van der Waals surface area contributed by atoms with Gasteiger partial charge in [0.1, 0.15) is 0 Å². The van der Waals surface area contributed by atoms with Crippen LogP contribution in [0, 0.1) is 17.0 Å². The van der Waals surface area contributed by atoms with Crippen molar-refractivity contribution in [2.24, 2.45) is 0 Å². The molecule has 8 heteroatoms. The maximum atomic E-state index is 12.3. The lowest BCUT2D eigenvalue weighted by molar-refractivity contribution is -0.385. The molecule has 1 saturated carbocycles. The van der Waals surface area contributed by atoms with E-state index in [2.05, 4.69) is 16.0 Å². The first kappa shape index (κ1) is 17.3. The monoisotopic (exact) mass is 346 g/mol. The van der Waals surface area contributed by atoms with E-state index in [1.807, 2.05) is 0 Å². The molecule has 1 saturated heterocycles. The van der Waals surface area contributed by atoms with E-state index in [0.29, 0.717) is 11.3 Å². The number of piperazine rings is 1. The summed E-state index contributed by atoms with van der Waals surface area (Å²) in [4.78, 5) is 34.9. The highest BCUT2D eigenvalue weighted by atomic mass is 16.6. The number of nitro benzene ring substituents is 1. The molecular weight excluding hydrogens is 324 g/mol. The van der Waals surface area contributed by atoms with E-state index in [1.165, 1.54) is 6.07 Å². The maximum absolute atomic E-state index is 12.3. The van der Waals surface area contributed by atoms with E-state index >= 15 is 0 Å². The fourth-order valence-corrected chi connectivity index (χ4v) is 3.55. The molecule has 0 bridgehead atoms. The smallest absolute Gasteiger partial charge is 0.274 e. The van der Waals surface area contributed by atoms with Crippen molar-refractivity contribution in [2.45, 2.75) is 57.2 Å². The minimum atomic E-state index is -0.570. The van der Waals surface area contributed by atoms with Crippen molar-refractivity contribution < 1.29 is 14.5 Å². The maximum Gasteiger partial charge on any atom is 0.274 e. The Kier molecular flexibility index (Phi) is 4.98. The zero-order chi connectivity index (χ0) is 18.0. The molecule has 8 nitrogen and oxygen atoms in total. The van der Waals surface area contributed by atoms with E-state index in [9.17, 15) is 19.7 Å². The van der Waals surface area contributed by atoms with Gasteiger partial charge in [-0.05, 0) is 25.8 Å². The number of hydrogen-bond acceptors (Lipinski definition) is 5. The number of aryl methyl sites for hydroxylation is 1. The zero-order valence-electron chi connectivity index (χ0n) is 14.1. The highest BCUT2D eigenvalue weighted by Crippen LogP contribution is 2.24. The van der Waals surface area contributed by atoms with Gasteiger partial charge in [-0.25, -0.2) is 0 Å². The van der Waals surface area contributed by atoms with Gasteiger partial charge in [-0.2, -0.15) is 0 Å². The lowest BCUT2D eigenvalue weighted by Crippen LogP contribution is -2.65. The standard InChI is InChI=1S/C17H22N4O4/c1-10-6-7-11(8-15(10)21(24)25)18-16(22)9-14-17(23)20-13-5-3-2-4-12(13)19-14/h6-8,12-14,19H,2-5,9H2,1H3,(H,18,22)(H,20,23)/t12-,13+,14+/m1/s1. The van der Waals surface area contributed by atoms with Crippen LogP contribution in [0.15, 0.2) is 18.2 Å². The average Bonchev–Trinajstić information content (AvgIpc) is 2.57. The van der Waals surface area contributed by atoms with Crippen molar-refractivity contribution in [1.29, 1.82) is 0 Å². The van der Waals surface area contributed by atoms with Gasteiger partial charge >= 0.3 is 0 Å².